The first-order chi connectivity index (χ1) is 6.48. The minimum atomic E-state index is -1.18. The van der Waals surface area contributed by atoms with E-state index in [1.54, 1.807) is 13.8 Å². The van der Waals surface area contributed by atoms with Crippen LogP contribution in [0.3, 0.4) is 0 Å². The molecular formula is C11H13BrFN. The number of fused-ring (bicyclic) bond motifs is 1. The van der Waals surface area contributed by atoms with Crippen molar-refractivity contribution in [1.29, 1.82) is 0 Å². The van der Waals surface area contributed by atoms with Gasteiger partial charge in [-0.25, -0.2) is 4.39 Å². The Hall–Kier alpha value is -0.570. The molecule has 0 aromatic heterocycles. The number of hydrogen-bond donors (Lipinski definition) is 1. The average molecular weight is 258 g/mol. The lowest BCUT2D eigenvalue weighted by atomic mass is 9.98. The molecule has 2 rings (SSSR count). The summed E-state index contributed by atoms with van der Waals surface area (Å²) in [6, 6.07) is 5.88. The number of benzene rings is 1. The van der Waals surface area contributed by atoms with Gasteiger partial charge in [0.25, 0.3) is 0 Å². The van der Waals surface area contributed by atoms with E-state index in [1.807, 2.05) is 18.2 Å². The second-order valence-electron chi connectivity index (χ2n) is 4.24. The largest absolute Gasteiger partial charge is 0.378 e. The fourth-order valence-corrected chi connectivity index (χ4v) is 2.28. The van der Waals surface area contributed by atoms with Gasteiger partial charge in [0, 0.05) is 4.47 Å². The first-order valence-corrected chi connectivity index (χ1v) is 5.50. The lowest BCUT2D eigenvalue weighted by Gasteiger charge is -2.23. The maximum absolute atomic E-state index is 13.7. The maximum Gasteiger partial charge on any atom is 0.125 e. The molecule has 1 N–H and O–H groups in total. The van der Waals surface area contributed by atoms with Crippen LogP contribution in [0.4, 0.5) is 10.1 Å². The van der Waals surface area contributed by atoms with Gasteiger partial charge in [0.15, 0.2) is 0 Å². The molecule has 3 heteroatoms. The number of rotatable bonds is 1. The molecule has 0 fully saturated rings. The van der Waals surface area contributed by atoms with Gasteiger partial charge >= 0.3 is 0 Å². The van der Waals surface area contributed by atoms with Gasteiger partial charge in [0.2, 0.25) is 0 Å². The minimum absolute atomic E-state index is 0.115. The molecular weight excluding hydrogens is 245 g/mol. The molecule has 0 spiro atoms. The molecule has 0 amide bonds. The average Bonchev–Trinajstić information content (AvgIpc) is 2.48. The highest BCUT2D eigenvalue weighted by Gasteiger charge is 2.34. The van der Waals surface area contributed by atoms with Crippen LogP contribution in [0.15, 0.2) is 22.7 Å². The second kappa shape index (κ2) is 3.23. The minimum Gasteiger partial charge on any atom is -0.378 e. The Bertz CT molecular complexity index is 357. The number of anilines is 1. The quantitative estimate of drug-likeness (QED) is 0.812. The Labute approximate surface area is 91.8 Å². The van der Waals surface area contributed by atoms with E-state index in [9.17, 15) is 4.39 Å². The maximum atomic E-state index is 13.7. The molecule has 1 aromatic rings. The van der Waals surface area contributed by atoms with Gasteiger partial charge in [-0.15, -0.1) is 0 Å². The van der Waals surface area contributed by atoms with Crippen LogP contribution in [0, 0.1) is 0 Å². The third-order valence-corrected chi connectivity index (χ3v) is 3.33. The number of para-hydroxylation sites is 1. The SMILES string of the molecule is CC(C)(F)C1Cc2cccc(Br)c2N1. The van der Waals surface area contributed by atoms with Gasteiger partial charge in [0.05, 0.1) is 11.7 Å². The van der Waals surface area contributed by atoms with E-state index in [2.05, 4.69) is 21.2 Å². The van der Waals surface area contributed by atoms with E-state index in [1.165, 1.54) is 5.56 Å². The summed E-state index contributed by atoms with van der Waals surface area (Å²) in [5.74, 6) is 0. The highest BCUT2D eigenvalue weighted by atomic mass is 79.9. The Morgan fingerprint density at radius 1 is 1.50 bits per heavy atom. The highest BCUT2D eigenvalue weighted by Crippen LogP contribution is 2.36. The van der Waals surface area contributed by atoms with Crippen molar-refractivity contribution in [2.45, 2.75) is 32.0 Å². The summed E-state index contributed by atoms with van der Waals surface area (Å²) < 4.78 is 14.7. The van der Waals surface area contributed by atoms with Gasteiger partial charge in [0.1, 0.15) is 5.67 Å². The number of nitrogens with one attached hydrogen (secondary N) is 1. The van der Waals surface area contributed by atoms with Crippen molar-refractivity contribution >= 4 is 21.6 Å². The van der Waals surface area contributed by atoms with Gasteiger partial charge in [-0.2, -0.15) is 0 Å². The number of hydrogen-bond acceptors (Lipinski definition) is 1. The van der Waals surface area contributed by atoms with E-state index in [-0.39, 0.29) is 6.04 Å². The van der Waals surface area contributed by atoms with Gasteiger partial charge in [-0.1, -0.05) is 12.1 Å². The monoisotopic (exact) mass is 257 g/mol. The Morgan fingerprint density at radius 2 is 2.21 bits per heavy atom. The standard InChI is InChI=1S/C11H13BrFN/c1-11(2,13)9-6-7-4-3-5-8(12)10(7)14-9/h3-5,9,14H,6H2,1-2H3. The fraction of sp³-hybridized carbons (Fsp3) is 0.455. The molecule has 1 atom stereocenters. The molecule has 0 saturated heterocycles. The molecule has 1 nitrogen and oxygen atoms in total. The highest BCUT2D eigenvalue weighted by molar-refractivity contribution is 9.10. The molecule has 1 heterocycles. The molecule has 0 aliphatic carbocycles. The molecule has 1 unspecified atom stereocenters. The summed E-state index contributed by atoms with van der Waals surface area (Å²) in [6.45, 7) is 3.23. The first-order valence-electron chi connectivity index (χ1n) is 4.71. The van der Waals surface area contributed by atoms with Gasteiger partial charge in [-0.05, 0) is 47.8 Å². The van der Waals surface area contributed by atoms with Crippen molar-refractivity contribution < 1.29 is 4.39 Å². The predicted octanol–water partition coefficient (Wildman–Crippen LogP) is 3.53. The van der Waals surface area contributed by atoms with Gasteiger partial charge < -0.3 is 5.32 Å². The predicted molar refractivity (Wildman–Crippen MR) is 60.4 cm³/mol. The molecule has 1 aliphatic rings. The van der Waals surface area contributed by atoms with Crippen molar-refractivity contribution in [3.05, 3.63) is 28.2 Å². The van der Waals surface area contributed by atoms with E-state index in [0.29, 0.717) is 0 Å². The smallest absolute Gasteiger partial charge is 0.125 e. The molecule has 1 aromatic carbocycles. The summed E-state index contributed by atoms with van der Waals surface area (Å²) in [5, 5.41) is 3.22. The topological polar surface area (TPSA) is 12.0 Å². The van der Waals surface area contributed by atoms with Crippen LogP contribution in [0.25, 0.3) is 0 Å². The Balaban J connectivity index is 2.31. The van der Waals surface area contributed by atoms with Crippen molar-refractivity contribution in [3.63, 3.8) is 0 Å². The zero-order valence-corrected chi connectivity index (χ0v) is 9.86. The number of alkyl halides is 1. The van der Waals surface area contributed by atoms with E-state index in [4.69, 9.17) is 0 Å². The lowest BCUT2D eigenvalue weighted by Crippen LogP contribution is -2.36. The van der Waals surface area contributed by atoms with Crippen molar-refractivity contribution in [2.75, 3.05) is 5.32 Å². The molecule has 14 heavy (non-hydrogen) atoms. The van der Waals surface area contributed by atoms with Crippen LogP contribution in [0.5, 0.6) is 0 Å². The second-order valence-corrected chi connectivity index (χ2v) is 5.09. The first kappa shape index (κ1) is 9.97. The zero-order valence-electron chi connectivity index (χ0n) is 8.27. The van der Waals surface area contributed by atoms with Crippen LogP contribution >= 0.6 is 15.9 Å². The summed E-state index contributed by atoms with van der Waals surface area (Å²) in [4.78, 5) is 0. The van der Waals surface area contributed by atoms with Crippen molar-refractivity contribution in [1.82, 2.24) is 0 Å². The molecule has 0 bridgehead atoms. The van der Waals surface area contributed by atoms with Crippen LogP contribution in [0.2, 0.25) is 0 Å². The van der Waals surface area contributed by atoms with E-state index < -0.39 is 5.67 Å². The zero-order chi connectivity index (χ0) is 10.3. The van der Waals surface area contributed by atoms with E-state index in [0.717, 1.165) is 16.6 Å². The Morgan fingerprint density at radius 3 is 2.79 bits per heavy atom. The molecule has 1 aliphatic heterocycles. The van der Waals surface area contributed by atoms with Gasteiger partial charge in [-0.3, -0.25) is 0 Å². The Kier molecular flexibility index (Phi) is 2.30. The third-order valence-electron chi connectivity index (χ3n) is 2.67. The number of halogens is 2. The summed E-state index contributed by atoms with van der Waals surface area (Å²) in [6.07, 6.45) is 0.762. The summed E-state index contributed by atoms with van der Waals surface area (Å²) >= 11 is 3.46. The summed E-state index contributed by atoms with van der Waals surface area (Å²) in [5.41, 5.74) is 1.05. The van der Waals surface area contributed by atoms with Crippen LogP contribution in [0.1, 0.15) is 19.4 Å². The normalized spacial score (nSPS) is 20.4. The fourth-order valence-electron chi connectivity index (χ4n) is 1.76. The third kappa shape index (κ3) is 1.65. The molecule has 76 valence electrons. The van der Waals surface area contributed by atoms with Crippen LogP contribution in [-0.4, -0.2) is 11.7 Å². The van der Waals surface area contributed by atoms with Crippen molar-refractivity contribution in [3.8, 4) is 0 Å². The molecule has 0 radical (unpaired) electrons. The lowest BCUT2D eigenvalue weighted by molar-refractivity contribution is 0.187. The van der Waals surface area contributed by atoms with Crippen molar-refractivity contribution in [2.24, 2.45) is 0 Å². The molecule has 0 saturated carbocycles. The van der Waals surface area contributed by atoms with Crippen LogP contribution < -0.4 is 5.32 Å². The van der Waals surface area contributed by atoms with E-state index >= 15 is 0 Å². The summed E-state index contributed by atoms with van der Waals surface area (Å²) in [7, 11) is 0. The van der Waals surface area contributed by atoms with Crippen LogP contribution in [-0.2, 0) is 6.42 Å².